The van der Waals surface area contributed by atoms with Crippen molar-refractivity contribution in [3.05, 3.63) is 23.9 Å². The Morgan fingerprint density at radius 1 is 1.60 bits per heavy atom. The Balaban J connectivity index is 2.26. The average Bonchev–Trinajstić information content (AvgIpc) is 2.41. The lowest BCUT2D eigenvalue weighted by Gasteiger charge is -2.33. The molecule has 0 radical (unpaired) electrons. The summed E-state index contributed by atoms with van der Waals surface area (Å²) in [6.45, 7) is -0.885. The SMILES string of the molecule is CC1C(=O)NCCN1C(=O)c1cccnc1OC(F)F. The summed E-state index contributed by atoms with van der Waals surface area (Å²) < 4.78 is 28.8. The van der Waals surface area contributed by atoms with Gasteiger partial charge in [-0.25, -0.2) is 4.98 Å². The molecule has 1 fully saturated rings. The summed E-state index contributed by atoms with van der Waals surface area (Å²) in [7, 11) is 0. The lowest BCUT2D eigenvalue weighted by molar-refractivity contribution is -0.127. The minimum Gasteiger partial charge on any atom is -0.416 e. The molecule has 0 bridgehead atoms. The number of carbonyl (C=O) groups excluding carboxylic acids is 2. The Kier molecular flexibility index (Phi) is 4.11. The van der Waals surface area contributed by atoms with Crippen LogP contribution in [0.5, 0.6) is 5.88 Å². The molecule has 1 aliphatic heterocycles. The molecule has 1 saturated heterocycles. The van der Waals surface area contributed by atoms with Gasteiger partial charge >= 0.3 is 6.61 Å². The van der Waals surface area contributed by atoms with Crippen LogP contribution in [0.2, 0.25) is 0 Å². The molecule has 6 nitrogen and oxygen atoms in total. The number of amides is 2. The normalized spacial score (nSPS) is 18.9. The number of aromatic nitrogens is 1. The molecule has 1 unspecified atom stereocenters. The van der Waals surface area contributed by atoms with Crippen molar-refractivity contribution >= 4 is 11.8 Å². The first-order valence-electron chi connectivity index (χ1n) is 5.99. The van der Waals surface area contributed by atoms with Gasteiger partial charge in [-0.05, 0) is 19.1 Å². The van der Waals surface area contributed by atoms with Crippen molar-refractivity contribution in [2.24, 2.45) is 0 Å². The van der Waals surface area contributed by atoms with Crippen LogP contribution in [0.4, 0.5) is 8.78 Å². The van der Waals surface area contributed by atoms with Gasteiger partial charge < -0.3 is 15.0 Å². The van der Waals surface area contributed by atoms with Gasteiger partial charge in [-0.2, -0.15) is 8.78 Å². The minimum absolute atomic E-state index is 0.0886. The minimum atomic E-state index is -3.07. The molecule has 2 rings (SSSR count). The number of pyridine rings is 1. The first-order chi connectivity index (χ1) is 9.50. The van der Waals surface area contributed by atoms with Gasteiger partial charge in [0.15, 0.2) is 0 Å². The van der Waals surface area contributed by atoms with E-state index >= 15 is 0 Å². The van der Waals surface area contributed by atoms with Gasteiger partial charge in [0.1, 0.15) is 11.6 Å². The summed E-state index contributed by atoms with van der Waals surface area (Å²) in [6.07, 6.45) is 1.25. The Bertz CT molecular complexity index is 524. The zero-order chi connectivity index (χ0) is 14.7. The Labute approximate surface area is 113 Å². The van der Waals surface area contributed by atoms with Gasteiger partial charge in [-0.3, -0.25) is 9.59 Å². The fourth-order valence-electron chi connectivity index (χ4n) is 1.95. The molecule has 1 atom stereocenters. The fraction of sp³-hybridized carbons (Fsp3) is 0.417. The highest BCUT2D eigenvalue weighted by atomic mass is 19.3. The number of hydrogen-bond donors (Lipinski definition) is 1. The van der Waals surface area contributed by atoms with Gasteiger partial charge in [0.05, 0.1) is 0 Å². The number of halogens is 2. The van der Waals surface area contributed by atoms with Crippen molar-refractivity contribution < 1.29 is 23.1 Å². The second kappa shape index (κ2) is 5.81. The predicted octanol–water partition coefficient (Wildman–Crippen LogP) is 0.643. The van der Waals surface area contributed by atoms with Crippen LogP contribution in [0.15, 0.2) is 18.3 Å². The topological polar surface area (TPSA) is 71.5 Å². The maximum Gasteiger partial charge on any atom is 0.388 e. The third-order valence-corrected chi connectivity index (χ3v) is 2.96. The molecule has 0 spiro atoms. The molecule has 2 heterocycles. The van der Waals surface area contributed by atoms with Crippen LogP contribution in [0.3, 0.4) is 0 Å². The first kappa shape index (κ1) is 14.2. The number of ether oxygens (including phenoxy) is 1. The molecule has 1 aromatic heterocycles. The van der Waals surface area contributed by atoms with Gasteiger partial charge in [0.2, 0.25) is 11.8 Å². The molecule has 1 aliphatic rings. The number of nitrogens with one attached hydrogen (secondary N) is 1. The highest BCUT2D eigenvalue weighted by Gasteiger charge is 2.31. The summed E-state index contributed by atoms with van der Waals surface area (Å²) in [5.41, 5.74) is -0.0886. The third-order valence-electron chi connectivity index (χ3n) is 2.96. The first-order valence-corrected chi connectivity index (χ1v) is 5.99. The van der Waals surface area contributed by atoms with E-state index in [1.807, 2.05) is 0 Å². The number of piperazine rings is 1. The summed E-state index contributed by atoms with van der Waals surface area (Å²) in [5.74, 6) is -1.29. The van der Waals surface area contributed by atoms with Crippen LogP contribution in [-0.4, -0.2) is 47.4 Å². The van der Waals surface area contributed by atoms with E-state index in [1.54, 1.807) is 6.92 Å². The lowest BCUT2D eigenvalue weighted by Crippen LogP contribution is -2.55. The Morgan fingerprint density at radius 2 is 2.35 bits per heavy atom. The van der Waals surface area contributed by atoms with E-state index in [2.05, 4.69) is 15.0 Å². The zero-order valence-corrected chi connectivity index (χ0v) is 10.7. The van der Waals surface area contributed by atoms with Crippen molar-refractivity contribution in [3.63, 3.8) is 0 Å². The summed E-state index contributed by atoms with van der Waals surface area (Å²) in [5, 5.41) is 2.62. The number of alkyl halides is 2. The molecular weight excluding hydrogens is 272 g/mol. The van der Waals surface area contributed by atoms with E-state index in [0.717, 1.165) is 0 Å². The standard InChI is InChI=1S/C12H13F2N3O3/c1-7-9(18)15-5-6-17(7)11(19)8-3-2-4-16-10(8)20-12(13)14/h2-4,7,12H,5-6H2,1H3,(H,15,18). The zero-order valence-electron chi connectivity index (χ0n) is 10.7. The summed E-state index contributed by atoms with van der Waals surface area (Å²) in [4.78, 5) is 28.8. The Hall–Kier alpha value is -2.25. The number of carbonyl (C=O) groups is 2. The van der Waals surface area contributed by atoms with E-state index in [-0.39, 0.29) is 11.5 Å². The second-order valence-electron chi connectivity index (χ2n) is 4.20. The monoisotopic (exact) mass is 285 g/mol. The molecule has 108 valence electrons. The van der Waals surface area contributed by atoms with Crippen LogP contribution < -0.4 is 10.1 Å². The highest BCUT2D eigenvalue weighted by molar-refractivity contribution is 5.99. The van der Waals surface area contributed by atoms with Crippen molar-refractivity contribution in [3.8, 4) is 5.88 Å². The van der Waals surface area contributed by atoms with Crippen molar-refractivity contribution in [2.45, 2.75) is 19.6 Å². The van der Waals surface area contributed by atoms with Crippen LogP contribution in [-0.2, 0) is 4.79 Å². The van der Waals surface area contributed by atoms with Crippen molar-refractivity contribution in [2.75, 3.05) is 13.1 Å². The molecule has 1 aromatic rings. The predicted molar refractivity (Wildman–Crippen MR) is 64.4 cm³/mol. The number of hydrogen-bond acceptors (Lipinski definition) is 4. The van der Waals surface area contributed by atoms with Crippen LogP contribution in [0, 0.1) is 0 Å². The smallest absolute Gasteiger partial charge is 0.388 e. The highest BCUT2D eigenvalue weighted by Crippen LogP contribution is 2.20. The molecular formula is C12H13F2N3O3. The number of nitrogens with zero attached hydrogens (tertiary/aromatic N) is 2. The van der Waals surface area contributed by atoms with Crippen LogP contribution in [0.1, 0.15) is 17.3 Å². The van der Waals surface area contributed by atoms with E-state index < -0.39 is 24.4 Å². The van der Waals surface area contributed by atoms with Gasteiger partial charge in [-0.1, -0.05) is 0 Å². The van der Waals surface area contributed by atoms with Gasteiger partial charge in [0.25, 0.3) is 5.91 Å². The maximum atomic E-state index is 12.3. The Morgan fingerprint density at radius 3 is 3.05 bits per heavy atom. The molecule has 20 heavy (non-hydrogen) atoms. The van der Waals surface area contributed by atoms with E-state index in [4.69, 9.17) is 0 Å². The van der Waals surface area contributed by atoms with Crippen molar-refractivity contribution in [1.82, 2.24) is 15.2 Å². The molecule has 1 N–H and O–H groups in total. The third kappa shape index (κ3) is 2.84. The summed E-state index contributed by atoms with van der Waals surface area (Å²) >= 11 is 0. The fourth-order valence-corrected chi connectivity index (χ4v) is 1.95. The number of rotatable bonds is 3. The van der Waals surface area contributed by atoms with Gasteiger partial charge in [-0.15, -0.1) is 0 Å². The van der Waals surface area contributed by atoms with Gasteiger partial charge in [0, 0.05) is 19.3 Å². The molecule has 8 heteroatoms. The summed E-state index contributed by atoms with van der Waals surface area (Å²) in [6, 6.07) is 2.11. The van der Waals surface area contributed by atoms with E-state index in [0.29, 0.717) is 13.1 Å². The molecule has 0 saturated carbocycles. The average molecular weight is 285 g/mol. The molecule has 0 aromatic carbocycles. The maximum absolute atomic E-state index is 12.3. The van der Waals surface area contributed by atoms with E-state index in [9.17, 15) is 18.4 Å². The molecule has 2 amide bonds. The largest absolute Gasteiger partial charge is 0.416 e. The molecule has 0 aliphatic carbocycles. The lowest BCUT2D eigenvalue weighted by atomic mass is 10.1. The van der Waals surface area contributed by atoms with Crippen LogP contribution >= 0.6 is 0 Å². The van der Waals surface area contributed by atoms with Crippen molar-refractivity contribution in [1.29, 1.82) is 0 Å². The quantitative estimate of drug-likeness (QED) is 0.885. The second-order valence-corrected chi connectivity index (χ2v) is 4.20. The van der Waals surface area contributed by atoms with E-state index in [1.165, 1.54) is 23.2 Å². The van der Waals surface area contributed by atoms with Crippen LogP contribution in [0.25, 0.3) is 0 Å².